The van der Waals surface area contributed by atoms with E-state index in [1.807, 2.05) is 38.1 Å². The summed E-state index contributed by atoms with van der Waals surface area (Å²) in [6.45, 7) is 3.89. The second kappa shape index (κ2) is 4.78. The van der Waals surface area contributed by atoms with Crippen molar-refractivity contribution in [2.45, 2.75) is 26.4 Å². The van der Waals surface area contributed by atoms with E-state index in [0.717, 1.165) is 11.1 Å². The molecule has 0 heterocycles. The van der Waals surface area contributed by atoms with Gasteiger partial charge in [-0.05, 0) is 18.9 Å². The Morgan fingerprint density at radius 1 is 1.50 bits per heavy atom. The van der Waals surface area contributed by atoms with E-state index in [0.29, 0.717) is 6.42 Å². The molecule has 2 nitrogen and oxygen atoms in total. The highest BCUT2D eigenvalue weighted by Gasteiger charge is 2.18. The molecule has 2 atom stereocenters. The normalized spacial score (nSPS) is 14.4. The highest BCUT2D eigenvalue weighted by atomic mass is 16.3. The van der Waals surface area contributed by atoms with Crippen LogP contribution in [0.3, 0.4) is 0 Å². The lowest BCUT2D eigenvalue weighted by Crippen LogP contribution is -2.09. The fraction of sp³-hybridized carbons (Fsp3) is 0.417. The number of aliphatic hydroxyl groups is 1. The minimum atomic E-state index is -0.662. The van der Waals surface area contributed by atoms with Gasteiger partial charge in [-0.25, -0.2) is 0 Å². The standard InChI is InChI=1S/C12H15NO/c1-3-10(8-13)12(14)11-6-4-5-9(2)7-11/h4-7,10,12,14H,3H2,1-2H3/t10-,12-/m0/s1. The van der Waals surface area contributed by atoms with Crippen LogP contribution >= 0.6 is 0 Å². The van der Waals surface area contributed by atoms with Gasteiger partial charge >= 0.3 is 0 Å². The van der Waals surface area contributed by atoms with Crippen LogP contribution in [0.25, 0.3) is 0 Å². The number of benzene rings is 1. The number of hydrogen-bond donors (Lipinski definition) is 1. The molecule has 0 aliphatic carbocycles. The number of aliphatic hydroxyl groups excluding tert-OH is 1. The van der Waals surface area contributed by atoms with Crippen LogP contribution < -0.4 is 0 Å². The van der Waals surface area contributed by atoms with E-state index in [9.17, 15) is 5.11 Å². The van der Waals surface area contributed by atoms with Crippen LogP contribution in [-0.4, -0.2) is 5.11 Å². The number of rotatable bonds is 3. The van der Waals surface area contributed by atoms with Crippen molar-refractivity contribution in [3.8, 4) is 6.07 Å². The molecule has 0 fully saturated rings. The molecule has 0 aliphatic heterocycles. The van der Waals surface area contributed by atoms with E-state index in [-0.39, 0.29) is 5.92 Å². The number of nitriles is 1. The molecule has 1 N–H and O–H groups in total. The largest absolute Gasteiger partial charge is 0.387 e. The molecule has 74 valence electrons. The number of nitrogens with zero attached hydrogens (tertiary/aromatic N) is 1. The van der Waals surface area contributed by atoms with Crippen molar-refractivity contribution in [1.29, 1.82) is 5.26 Å². The molecular weight excluding hydrogens is 174 g/mol. The quantitative estimate of drug-likeness (QED) is 0.794. The third kappa shape index (κ3) is 2.34. The summed E-state index contributed by atoms with van der Waals surface area (Å²) < 4.78 is 0. The lowest BCUT2D eigenvalue weighted by molar-refractivity contribution is 0.132. The molecule has 0 radical (unpaired) electrons. The number of hydrogen-bond acceptors (Lipinski definition) is 2. The van der Waals surface area contributed by atoms with Gasteiger partial charge in [0.25, 0.3) is 0 Å². The van der Waals surface area contributed by atoms with Gasteiger partial charge in [0.05, 0.1) is 18.1 Å². The third-order valence-electron chi connectivity index (χ3n) is 2.37. The molecule has 0 aromatic heterocycles. The molecule has 1 rings (SSSR count). The zero-order valence-electron chi connectivity index (χ0n) is 8.57. The van der Waals surface area contributed by atoms with E-state index in [1.165, 1.54) is 0 Å². The summed E-state index contributed by atoms with van der Waals surface area (Å²) in [5.74, 6) is -0.309. The molecule has 0 unspecified atom stereocenters. The average molecular weight is 189 g/mol. The van der Waals surface area contributed by atoms with Gasteiger partial charge in [-0.1, -0.05) is 36.8 Å². The number of aryl methyl sites for hydroxylation is 1. The second-order valence-electron chi connectivity index (χ2n) is 3.50. The van der Waals surface area contributed by atoms with E-state index in [1.54, 1.807) is 0 Å². The van der Waals surface area contributed by atoms with Crippen LogP contribution in [-0.2, 0) is 0 Å². The van der Waals surface area contributed by atoms with Gasteiger partial charge in [-0.3, -0.25) is 0 Å². The summed E-state index contributed by atoms with van der Waals surface area (Å²) in [5.41, 5.74) is 1.94. The predicted molar refractivity (Wildman–Crippen MR) is 55.5 cm³/mol. The third-order valence-corrected chi connectivity index (χ3v) is 2.37. The highest BCUT2D eigenvalue weighted by molar-refractivity contribution is 5.25. The predicted octanol–water partition coefficient (Wildman–Crippen LogP) is 2.58. The van der Waals surface area contributed by atoms with Gasteiger partial charge < -0.3 is 5.11 Å². The SMILES string of the molecule is CC[C@@H](C#N)[C@H](O)c1cccc(C)c1. The Labute approximate surface area is 84.8 Å². The van der Waals surface area contributed by atoms with E-state index >= 15 is 0 Å². The molecule has 2 heteroatoms. The first-order valence-corrected chi connectivity index (χ1v) is 4.83. The molecule has 0 spiro atoms. The van der Waals surface area contributed by atoms with Crippen LogP contribution in [0.1, 0.15) is 30.6 Å². The summed E-state index contributed by atoms with van der Waals surface area (Å²) in [7, 11) is 0. The van der Waals surface area contributed by atoms with E-state index < -0.39 is 6.10 Å². The first-order valence-electron chi connectivity index (χ1n) is 4.83. The van der Waals surface area contributed by atoms with Crippen molar-refractivity contribution < 1.29 is 5.11 Å². The smallest absolute Gasteiger partial charge is 0.0948 e. The Hall–Kier alpha value is -1.33. The highest BCUT2D eigenvalue weighted by Crippen LogP contribution is 2.24. The Morgan fingerprint density at radius 3 is 2.71 bits per heavy atom. The van der Waals surface area contributed by atoms with Gasteiger partial charge in [0.1, 0.15) is 0 Å². The van der Waals surface area contributed by atoms with Crippen LogP contribution in [0.4, 0.5) is 0 Å². The van der Waals surface area contributed by atoms with Crippen molar-refractivity contribution in [2.75, 3.05) is 0 Å². The van der Waals surface area contributed by atoms with Crippen molar-refractivity contribution in [3.63, 3.8) is 0 Å². The van der Waals surface area contributed by atoms with Gasteiger partial charge in [0, 0.05) is 0 Å². The second-order valence-corrected chi connectivity index (χ2v) is 3.50. The first-order chi connectivity index (χ1) is 6.69. The molecule has 1 aromatic rings. The Balaban J connectivity index is 2.89. The summed E-state index contributed by atoms with van der Waals surface area (Å²) >= 11 is 0. The zero-order valence-corrected chi connectivity index (χ0v) is 8.57. The molecule has 0 saturated heterocycles. The monoisotopic (exact) mass is 189 g/mol. The first kappa shape index (κ1) is 10.7. The minimum absolute atomic E-state index is 0.309. The van der Waals surface area contributed by atoms with Crippen LogP contribution in [0.2, 0.25) is 0 Å². The van der Waals surface area contributed by atoms with Crippen molar-refractivity contribution in [2.24, 2.45) is 5.92 Å². The lowest BCUT2D eigenvalue weighted by atomic mass is 9.94. The Kier molecular flexibility index (Phi) is 3.67. The van der Waals surface area contributed by atoms with Gasteiger partial charge in [0.2, 0.25) is 0 Å². The molecule has 0 saturated carbocycles. The van der Waals surface area contributed by atoms with E-state index in [2.05, 4.69) is 6.07 Å². The summed E-state index contributed by atoms with van der Waals surface area (Å²) in [4.78, 5) is 0. The van der Waals surface area contributed by atoms with Crippen LogP contribution in [0.5, 0.6) is 0 Å². The van der Waals surface area contributed by atoms with Gasteiger partial charge in [-0.15, -0.1) is 0 Å². The maximum Gasteiger partial charge on any atom is 0.0948 e. The molecule has 1 aromatic carbocycles. The summed E-state index contributed by atoms with van der Waals surface area (Å²) in [6, 6.07) is 9.78. The molecule has 0 aliphatic rings. The van der Waals surface area contributed by atoms with Crippen LogP contribution in [0.15, 0.2) is 24.3 Å². The van der Waals surface area contributed by atoms with Crippen molar-refractivity contribution >= 4 is 0 Å². The fourth-order valence-electron chi connectivity index (χ4n) is 1.47. The molecule has 14 heavy (non-hydrogen) atoms. The van der Waals surface area contributed by atoms with Gasteiger partial charge in [0.15, 0.2) is 0 Å². The van der Waals surface area contributed by atoms with Crippen LogP contribution in [0, 0.1) is 24.2 Å². The summed E-state index contributed by atoms with van der Waals surface area (Å²) in [5, 5.41) is 18.7. The maximum atomic E-state index is 9.88. The Morgan fingerprint density at radius 2 is 2.21 bits per heavy atom. The molecule has 0 bridgehead atoms. The average Bonchev–Trinajstić information content (AvgIpc) is 2.19. The molecular formula is C12H15NO. The van der Waals surface area contributed by atoms with Crippen molar-refractivity contribution in [1.82, 2.24) is 0 Å². The van der Waals surface area contributed by atoms with Crippen molar-refractivity contribution in [3.05, 3.63) is 35.4 Å². The van der Waals surface area contributed by atoms with E-state index in [4.69, 9.17) is 5.26 Å². The summed E-state index contributed by atoms with van der Waals surface area (Å²) in [6.07, 6.45) is 0.0101. The lowest BCUT2D eigenvalue weighted by Gasteiger charge is -2.15. The molecule has 0 amide bonds. The van der Waals surface area contributed by atoms with Gasteiger partial charge in [-0.2, -0.15) is 5.26 Å². The Bertz CT molecular complexity index is 340. The maximum absolute atomic E-state index is 9.88. The zero-order chi connectivity index (χ0) is 10.6. The minimum Gasteiger partial charge on any atom is -0.387 e. The fourth-order valence-corrected chi connectivity index (χ4v) is 1.47. The topological polar surface area (TPSA) is 44.0 Å².